The average molecular weight is 406 g/mol. The lowest BCUT2D eigenvalue weighted by Crippen LogP contribution is -2.20. The Balaban J connectivity index is 1.67. The van der Waals surface area contributed by atoms with Gasteiger partial charge in [-0.05, 0) is 42.8 Å². The third-order valence-electron chi connectivity index (χ3n) is 4.68. The van der Waals surface area contributed by atoms with E-state index in [0.29, 0.717) is 22.7 Å². The van der Waals surface area contributed by atoms with Gasteiger partial charge in [-0.15, -0.1) is 0 Å². The van der Waals surface area contributed by atoms with E-state index in [1.54, 1.807) is 56.4 Å². The van der Waals surface area contributed by atoms with Crippen molar-refractivity contribution >= 4 is 29.5 Å². The monoisotopic (exact) mass is 406 g/mol. The van der Waals surface area contributed by atoms with E-state index in [9.17, 15) is 14.4 Å². The molecule has 0 bridgehead atoms. The highest BCUT2D eigenvalue weighted by molar-refractivity contribution is 6.16. The number of rotatable bonds is 6. The van der Waals surface area contributed by atoms with Gasteiger partial charge in [0.15, 0.2) is 6.61 Å². The van der Waals surface area contributed by atoms with Crippen molar-refractivity contribution in [2.24, 2.45) is 0 Å². The molecule has 0 aliphatic carbocycles. The molecule has 2 amide bonds. The third kappa shape index (κ3) is 4.57. The predicted molar refractivity (Wildman–Crippen MR) is 112 cm³/mol. The Morgan fingerprint density at radius 2 is 1.73 bits per heavy atom. The molecule has 0 saturated heterocycles. The van der Waals surface area contributed by atoms with Gasteiger partial charge in [0.05, 0.1) is 18.3 Å². The number of ether oxygens (including phenoxy) is 2. The Bertz CT molecular complexity index is 1020. The first-order valence-corrected chi connectivity index (χ1v) is 9.27. The second-order valence-corrected chi connectivity index (χ2v) is 6.65. The molecule has 3 rings (SSSR count). The summed E-state index contributed by atoms with van der Waals surface area (Å²) in [5.74, 6) is -0.586. The summed E-state index contributed by atoms with van der Waals surface area (Å²) in [5.41, 5.74) is 2.48. The van der Waals surface area contributed by atoms with E-state index in [2.05, 4.69) is 5.32 Å². The van der Waals surface area contributed by atoms with Crippen molar-refractivity contribution in [2.45, 2.75) is 6.92 Å². The van der Waals surface area contributed by atoms with Gasteiger partial charge >= 0.3 is 5.97 Å². The Labute approximate surface area is 174 Å². The maximum atomic E-state index is 12.5. The fourth-order valence-electron chi connectivity index (χ4n) is 2.99. The normalized spacial score (nSPS) is 14.8. The molecule has 1 aliphatic rings. The van der Waals surface area contributed by atoms with Crippen molar-refractivity contribution in [1.29, 1.82) is 0 Å². The van der Waals surface area contributed by atoms with Crippen molar-refractivity contribution < 1.29 is 23.9 Å². The number of anilines is 1. The molecular formula is C23H22N2O5. The molecule has 0 saturated carbocycles. The average Bonchev–Trinajstić information content (AvgIpc) is 2.97. The topological polar surface area (TPSA) is 84.9 Å². The third-order valence-corrected chi connectivity index (χ3v) is 4.68. The van der Waals surface area contributed by atoms with E-state index in [0.717, 1.165) is 0 Å². The van der Waals surface area contributed by atoms with Gasteiger partial charge in [0.25, 0.3) is 11.8 Å². The number of likely N-dealkylation sites (N-methyl/N-ethyl adjacent to an activating group) is 1. The van der Waals surface area contributed by atoms with Crippen LogP contribution in [0.25, 0.3) is 6.08 Å². The fraction of sp³-hybridized carbons (Fsp3) is 0.174. The summed E-state index contributed by atoms with van der Waals surface area (Å²) in [4.78, 5) is 38.0. The van der Waals surface area contributed by atoms with Crippen LogP contribution in [0.2, 0.25) is 0 Å². The zero-order valence-corrected chi connectivity index (χ0v) is 17.0. The van der Waals surface area contributed by atoms with E-state index in [-0.39, 0.29) is 29.6 Å². The van der Waals surface area contributed by atoms with Crippen LogP contribution in [0, 0.1) is 0 Å². The minimum Gasteiger partial charge on any atom is -0.484 e. The number of nitrogens with one attached hydrogen (secondary N) is 1. The summed E-state index contributed by atoms with van der Waals surface area (Å²) < 4.78 is 10.3. The highest BCUT2D eigenvalue weighted by Crippen LogP contribution is 2.30. The van der Waals surface area contributed by atoms with Crippen LogP contribution in [0.3, 0.4) is 0 Å². The second kappa shape index (κ2) is 9.09. The van der Waals surface area contributed by atoms with E-state index in [1.165, 1.54) is 12.0 Å². The standard InChI is InChI=1S/C23H22N2O5/c1-15-21(23(28)29-3)19(22(27)25(15)2)13-16-9-11-18(12-10-16)30-14-20(26)24-17-7-5-4-6-8-17/h4-13H,14H2,1-3H3,(H,24,26)/b19-13-. The zero-order chi connectivity index (χ0) is 21.7. The molecule has 154 valence electrons. The largest absolute Gasteiger partial charge is 0.484 e. The summed E-state index contributed by atoms with van der Waals surface area (Å²) >= 11 is 0. The number of benzene rings is 2. The molecule has 0 fully saturated rings. The minimum atomic E-state index is -0.555. The molecule has 7 nitrogen and oxygen atoms in total. The molecule has 0 aromatic heterocycles. The van der Waals surface area contributed by atoms with E-state index in [4.69, 9.17) is 9.47 Å². The number of allylic oxidation sites excluding steroid dienone is 1. The molecule has 2 aromatic rings. The van der Waals surface area contributed by atoms with Gasteiger partial charge in [-0.25, -0.2) is 4.79 Å². The number of nitrogens with zero attached hydrogens (tertiary/aromatic N) is 1. The van der Waals surface area contributed by atoms with Crippen LogP contribution in [0.1, 0.15) is 12.5 Å². The van der Waals surface area contributed by atoms with Crippen molar-refractivity contribution in [3.63, 3.8) is 0 Å². The number of para-hydroxylation sites is 1. The van der Waals surface area contributed by atoms with Crippen LogP contribution in [0.15, 0.2) is 71.4 Å². The minimum absolute atomic E-state index is 0.132. The SMILES string of the molecule is COC(=O)C1=C(C)N(C)C(=O)/C1=C\c1ccc(OCC(=O)Nc2ccccc2)cc1. The van der Waals surface area contributed by atoms with Crippen molar-refractivity contribution in [1.82, 2.24) is 4.90 Å². The lowest BCUT2D eigenvalue weighted by atomic mass is 10.0. The molecule has 1 N–H and O–H groups in total. The first kappa shape index (κ1) is 20.9. The summed E-state index contributed by atoms with van der Waals surface area (Å²) in [5, 5.41) is 2.74. The van der Waals surface area contributed by atoms with Gasteiger partial charge in [-0.3, -0.25) is 9.59 Å². The first-order chi connectivity index (χ1) is 14.4. The van der Waals surface area contributed by atoms with Crippen LogP contribution in [-0.2, 0) is 19.1 Å². The van der Waals surface area contributed by atoms with E-state index in [1.807, 2.05) is 18.2 Å². The Kier molecular flexibility index (Phi) is 6.32. The van der Waals surface area contributed by atoms with Crippen LogP contribution >= 0.6 is 0 Å². The smallest absolute Gasteiger partial charge is 0.340 e. The molecule has 1 aliphatic heterocycles. The summed E-state index contributed by atoms with van der Waals surface area (Å²) in [7, 11) is 2.89. The number of hydrogen-bond acceptors (Lipinski definition) is 5. The number of esters is 1. The highest BCUT2D eigenvalue weighted by Gasteiger charge is 2.34. The van der Waals surface area contributed by atoms with Gasteiger partial charge in [0.1, 0.15) is 5.75 Å². The first-order valence-electron chi connectivity index (χ1n) is 9.27. The summed E-state index contributed by atoms with van der Waals surface area (Å²) in [6, 6.07) is 16.0. The van der Waals surface area contributed by atoms with Gasteiger partial charge in [-0.2, -0.15) is 0 Å². The van der Waals surface area contributed by atoms with Crippen LogP contribution < -0.4 is 10.1 Å². The van der Waals surface area contributed by atoms with Crippen LogP contribution in [0.5, 0.6) is 5.75 Å². The number of carbonyl (C=O) groups excluding carboxylic acids is 3. The molecule has 2 aromatic carbocycles. The van der Waals surface area contributed by atoms with E-state index < -0.39 is 5.97 Å². The molecule has 7 heteroatoms. The van der Waals surface area contributed by atoms with E-state index >= 15 is 0 Å². The zero-order valence-electron chi connectivity index (χ0n) is 17.0. The van der Waals surface area contributed by atoms with Gasteiger partial charge in [-0.1, -0.05) is 30.3 Å². The van der Waals surface area contributed by atoms with Gasteiger partial charge in [0.2, 0.25) is 0 Å². The van der Waals surface area contributed by atoms with Crippen molar-refractivity contribution in [3.8, 4) is 5.75 Å². The Hall–Kier alpha value is -3.87. The maximum absolute atomic E-state index is 12.5. The maximum Gasteiger partial charge on any atom is 0.340 e. The van der Waals surface area contributed by atoms with Crippen molar-refractivity contribution in [3.05, 3.63) is 77.0 Å². The quantitative estimate of drug-likeness (QED) is 0.589. The molecule has 30 heavy (non-hydrogen) atoms. The summed E-state index contributed by atoms with van der Waals surface area (Å²) in [6.45, 7) is 1.56. The molecule has 0 atom stereocenters. The van der Waals surface area contributed by atoms with Gasteiger partial charge < -0.3 is 19.7 Å². The molecule has 0 radical (unpaired) electrons. The molecular weight excluding hydrogens is 384 g/mol. The summed E-state index contributed by atoms with van der Waals surface area (Å²) in [6.07, 6.45) is 1.63. The number of methoxy groups -OCH3 is 1. The lowest BCUT2D eigenvalue weighted by molar-refractivity contribution is -0.136. The van der Waals surface area contributed by atoms with Crippen molar-refractivity contribution in [2.75, 3.05) is 26.1 Å². The number of amides is 2. The van der Waals surface area contributed by atoms with Crippen LogP contribution in [-0.4, -0.2) is 43.4 Å². The molecule has 0 spiro atoms. The predicted octanol–water partition coefficient (Wildman–Crippen LogP) is 3.01. The highest BCUT2D eigenvalue weighted by atomic mass is 16.5. The lowest BCUT2D eigenvalue weighted by Gasteiger charge is -2.09. The second-order valence-electron chi connectivity index (χ2n) is 6.65. The Morgan fingerprint density at radius 1 is 1.07 bits per heavy atom. The molecule has 0 unspecified atom stereocenters. The van der Waals surface area contributed by atoms with Gasteiger partial charge in [0, 0.05) is 18.4 Å². The fourth-order valence-corrected chi connectivity index (χ4v) is 2.99. The Morgan fingerprint density at radius 3 is 2.37 bits per heavy atom. The molecule has 1 heterocycles. The number of carbonyl (C=O) groups is 3. The van der Waals surface area contributed by atoms with Crippen LogP contribution in [0.4, 0.5) is 5.69 Å². The number of hydrogen-bond donors (Lipinski definition) is 1.